The van der Waals surface area contributed by atoms with E-state index in [1.165, 1.54) is 0 Å². The summed E-state index contributed by atoms with van der Waals surface area (Å²) in [4.78, 5) is 27.3. The van der Waals surface area contributed by atoms with Gasteiger partial charge in [0.1, 0.15) is 0 Å². The van der Waals surface area contributed by atoms with Gasteiger partial charge in [-0.25, -0.2) is 4.79 Å². The molecule has 3 rings (SSSR count). The predicted octanol–water partition coefficient (Wildman–Crippen LogP) is 6.78. The molecule has 1 saturated carbocycles. The van der Waals surface area contributed by atoms with Gasteiger partial charge in [-0.2, -0.15) is 0 Å². The molecule has 0 heterocycles. The molecule has 4 heteroatoms. The van der Waals surface area contributed by atoms with Crippen LogP contribution < -0.4 is 0 Å². The minimum Gasteiger partial charge on any atom is -0.289 e. The maximum atomic E-state index is 13.8. The quantitative estimate of drug-likeness (QED) is 0.404. The van der Waals surface area contributed by atoms with Gasteiger partial charge in [0, 0.05) is 18.4 Å². The van der Waals surface area contributed by atoms with E-state index in [2.05, 4.69) is 0 Å². The van der Waals surface area contributed by atoms with E-state index in [0.29, 0.717) is 24.0 Å². The number of aryl methyl sites for hydroxylation is 5. The molecule has 1 fully saturated rings. The molecule has 29 heavy (non-hydrogen) atoms. The Kier molecular flexibility index (Phi) is 6.19. The molecule has 0 spiro atoms. The fourth-order valence-electron chi connectivity index (χ4n) is 4.88. The summed E-state index contributed by atoms with van der Waals surface area (Å²) in [5.74, 6) is -0.107. The van der Waals surface area contributed by atoms with Crippen LogP contribution in [0, 0.1) is 34.6 Å². The largest absolute Gasteiger partial charge is 0.434 e. The van der Waals surface area contributed by atoms with Crippen LogP contribution in [0.1, 0.15) is 80.6 Å². The Bertz CT molecular complexity index is 954. The second kappa shape index (κ2) is 8.32. The van der Waals surface area contributed by atoms with Crippen LogP contribution in [0.2, 0.25) is 0 Å². The Morgan fingerprint density at radius 2 is 1.31 bits per heavy atom. The Morgan fingerprint density at radius 1 is 0.793 bits per heavy atom. The van der Waals surface area contributed by atoms with E-state index < -0.39 is 13.0 Å². The zero-order valence-electron chi connectivity index (χ0n) is 18.1. The Labute approximate surface area is 174 Å². The fraction of sp³-hybridized carbons (Fsp3) is 0.440. The van der Waals surface area contributed by atoms with E-state index in [1.54, 1.807) is 0 Å². The highest BCUT2D eigenvalue weighted by molar-refractivity contribution is 7.67. The normalized spacial score (nSPS) is 16.4. The average molecular weight is 409 g/mol. The van der Waals surface area contributed by atoms with Crippen LogP contribution in [0.25, 0.3) is 0 Å². The number of ketones is 1. The molecule has 0 aliphatic heterocycles. The highest BCUT2D eigenvalue weighted by Crippen LogP contribution is 2.53. The van der Waals surface area contributed by atoms with Gasteiger partial charge in [-0.15, -0.1) is 0 Å². The van der Waals surface area contributed by atoms with Gasteiger partial charge < -0.3 is 0 Å². The first-order valence-electron chi connectivity index (χ1n) is 10.4. The second-order valence-corrected chi connectivity index (χ2v) is 10.4. The fourth-order valence-corrected chi connectivity index (χ4v) is 6.84. The van der Waals surface area contributed by atoms with E-state index in [9.17, 15) is 14.2 Å². The molecule has 2 aromatic rings. The molecule has 0 saturated heterocycles. The topological polar surface area (TPSA) is 51.2 Å². The van der Waals surface area contributed by atoms with Crippen molar-refractivity contribution in [3.05, 3.63) is 69.3 Å². The van der Waals surface area contributed by atoms with Gasteiger partial charge in [0.25, 0.3) is 0 Å². The van der Waals surface area contributed by atoms with Crippen molar-refractivity contribution in [2.45, 2.75) is 71.9 Å². The zero-order valence-corrected chi connectivity index (χ0v) is 19.0. The predicted molar refractivity (Wildman–Crippen MR) is 119 cm³/mol. The Balaban J connectivity index is 2.11. The van der Waals surface area contributed by atoms with Crippen LogP contribution in [0.4, 0.5) is 0 Å². The number of carbonyl (C=O) groups excluding carboxylic acids is 2. The summed E-state index contributed by atoms with van der Waals surface area (Å²) in [5, 5.41) is -1.09. The van der Waals surface area contributed by atoms with Crippen molar-refractivity contribution in [1.29, 1.82) is 0 Å². The third kappa shape index (κ3) is 3.85. The average Bonchev–Trinajstić information content (AvgIpc) is 2.66. The molecule has 152 valence electrons. The summed E-state index contributed by atoms with van der Waals surface area (Å²) in [7, 11) is -2.39. The van der Waals surface area contributed by atoms with E-state index >= 15 is 0 Å². The van der Waals surface area contributed by atoms with Crippen molar-refractivity contribution in [2.75, 3.05) is 0 Å². The lowest BCUT2D eigenvalue weighted by Crippen LogP contribution is -2.39. The number of hydrogen-bond acceptors (Lipinski definition) is 3. The Hall–Kier alpha value is -2.12. The summed E-state index contributed by atoms with van der Waals surface area (Å²) in [6.45, 7) is 9.59. The highest BCUT2D eigenvalue weighted by atomic mass is 31.1. The highest BCUT2D eigenvalue weighted by Gasteiger charge is 2.60. The molecular formula is C25H30O3P+. The van der Waals surface area contributed by atoms with Crippen LogP contribution >= 0.6 is 7.80 Å². The van der Waals surface area contributed by atoms with Crippen molar-refractivity contribution in [2.24, 2.45) is 0 Å². The lowest BCUT2D eigenvalue weighted by molar-refractivity contribution is 0.0902. The van der Waals surface area contributed by atoms with Gasteiger partial charge in [-0.3, -0.25) is 4.79 Å². The summed E-state index contributed by atoms with van der Waals surface area (Å²) in [6.07, 6.45) is 3.71. The molecule has 1 unspecified atom stereocenters. The van der Waals surface area contributed by atoms with Crippen LogP contribution in [0.3, 0.4) is 0 Å². The number of carbonyl (C=O) groups is 2. The molecule has 1 aliphatic rings. The van der Waals surface area contributed by atoms with Crippen molar-refractivity contribution in [3.8, 4) is 0 Å². The first-order chi connectivity index (χ1) is 13.7. The van der Waals surface area contributed by atoms with E-state index in [1.807, 2.05) is 65.0 Å². The van der Waals surface area contributed by atoms with Gasteiger partial charge in [0.05, 0.1) is 5.56 Å². The van der Waals surface area contributed by atoms with Crippen molar-refractivity contribution in [1.82, 2.24) is 0 Å². The van der Waals surface area contributed by atoms with E-state index in [-0.39, 0.29) is 11.3 Å². The van der Waals surface area contributed by atoms with Gasteiger partial charge in [0.2, 0.25) is 10.9 Å². The van der Waals surface area contributed by atoms with Crippen molar-refractivity contribution in [3.63, 3.8) is 0 Å². The maximum Gasteiger partial charge on any atom is 0.434 e. The number of Topliss-reactive ketones (excluding diaryl/α,β-unsaturated/α-hetero) is 1. The molecule has 0 amide bonds. The Morgan fingerprint density at radius 3 is 1.83 bits per heavy atom. The number of benzene rings is 2. The lowest BCUT2D eigenvalue weighted by atomic mass is 9.80. The van der Waals surface area contributed by atoms with E-state index in [0.717, 1.165) is 47.1 Å². The standard InChI is InChI=1S/C25H30O3P/c1-16-14-19(4)22(20(5)15-16)24(27)29(28)25(12-7-6-8-13-25)23(26)21-17(2)10-9-11-18(21)3/h9-11,14-15H,6-8,12-13H2,1-5H3/q+1. The van der Waals surface area contributed by atoms with Gasteiger partial charge in [-0.1, -0.05) is 46.9 Å². The van der Waals surface area contributed by atoms with Crippen LogP contribution in [-0.2, 0) is 4.57 Å². The first-order valence-corrected chi connectivity index (χ1v) is 11.7. The van der Waals surface area contributed by atoms with Gasteiger partial charge in [0.15, 0.2) is 0 Å². The molecule has 0 bridgehead atoms. The molecule has 2 aromatic carbocycles. The molecule has 3 nitrogen and oxygen atoms in total. The molecule has 0 radical (unpaired) electrons. The monoisotopic (exact) mass is 409 g/mol. The molecule has 0 N–H and O–H groups in total. The van der Waals surface area contributed by atoms with Crippen LogP contribution in [0.15, 0.2) is 30.3 Å². The zero-order chi connectivity index (χ0) is 21.3. The summed E-state index contributed by atoms with van der Waals surface area (Å²) in [6, 6.07) is 9.66. The summed E-state index contributed by atoms with van der Waals surface area (Å²) < 4.78 is 13.8. The lowest BCUT2D eigenvalue weighted by Gasteiger charge is -2.27. The van der Waals surface area contributed by atoms with Crippen LogP contribution in [-0.4, -0.2) is 16.5 Å². The number of hydrogen-bond donors (Lipinski definition) is 0. The number of rotatable bonds is 5. The molecule has 1 aliphatic carbocycles. The minimum atomic E-state index is -2.39. The third-order valence-corrected chi connectivity index (χ3v) is 8.30. The van der Waals surface area contributed by atoms with Gasteiger partial charge in [-0.05, 0) is 69.7 Å². The van der Waals surface area contributed by atoms with E-state index in [4.69, 9.17) is 0 Å². The van der Waals surface area contributed by atoms with Gasteiger partial charge >= 0.3 is 13.3 Å². The first kappa shape index (κ1) is 21.6. The molecule has 1 atom stereocenters. The molecular weight excluding hydrogens is 379 g/mol. The smallest absolute Gasteiger partial charge is 0.289 e. The third-order valence-electron chi connectivity index (χ3n) is 6.28. The minimum absolute atomic E-state index is 0.107. The SMILES string of the molecule is Cc1cc(C)c(C(=O)[P+](=O)C2(C(=O)c3c(C)cccc3C)CCCCC2)c(C)c1. The summed E-state index contributed by atoms with van der Waals surface area (Å²) >= 11 is 0. The van der Waals surface area contributed by atoms with Crippen molar-refractivity contribution < 1.29 is 14.2 Å². The van der Waals surface area contributed by atoms with Crippen LogP contribution in [0.5, 0.6) is 0 Å². The molecule has 0 aromatic heterocycles. The summed E-state index contributed by atoms with van der Waals surface area (Å²) in [5.41, 5.74) is 5.32. The maximum absolute atomic E-state index is 13.8. The van der Waals surface area contributed by atoms with Crippen molar-refractivity contribution >= 4 is 19.1 Å². The second-order valence-electron chi connectivity index (χ2n) is 8.56.